The lowest BCUT2D eigenvalue weighted by molar-refractivity contribution is 1.07. The third-order valence-electron chi connectivity index (χ3n) is 1.62. The van der Waals surface area contributed by atoms with Crippen LogP contribution in [0.5, 0.6) is 0 Å². The molecular formula is C7H18Si2. The lowest BCUT2D eigenvalue weighted by atomic mass is 10.6. The van der Waals surface area contributed by atoms with Crippen molar-refractivity contribution in [2.45, 2.75) is 44.4 Å². The zero-order chi connectivity index (χ0) is 17.5. The Balaban J connectivity index is 4.00. The highest BCUT2D eigenvalue weighted by atomic mass is 29.3. The second kappa shape index (κ2) is 1.96. The molecule has 1 aliphatic rings. The molecule has 0 bridgehead atoms. The van der Waals surface area contributed by atoms with E-state index in [0.29, 0.717) is 0 Å². The fourth-order valence-corrected chi connectivity index (χ4v) is 3.66. The van der Waals surface area contributed by atoms with Gasteiger partial charge in [-0.15, -0.1) is 0 Å². The zero-order valence-corrected chi connectivity index (χ0v) is 7.50. The zero-order valence-electron chi connectivity index (χ0n) is 17.5. The van der Waals surface area contributed by atoms with E-state index in [-0.39, 0.29) is 0 Å². The van der Waals surface area contributed by atoms with Crippen LogP contribution in [0, 0.1) is 0 Å². The van der Waals surface area contributed by atoms with Crippen molar-refractivity contribution in [3.63, 3.8) is 0 Å². The summed E-state index contributed by atoms with van der Waals surface area (Å²) in [5.74, 6) is -6.02. The number of hydrogen-bond acceptors (Lipinski definition) is 0. The molecule has 2 atom stereocenters. The van der Waals surface area contributed by atoms with Crippen molar-refractivity contribution in [2.75, 3.05) is 0 Å². The monoisotopic (exact) mass is 170 g/mol. The Bertz CT molecular complexity index is 410. The Morgan fingerprint density at radius 1 is 1.22 bits per heavy atom. The third-order valence-corrected chi connectivity index (χ3v) is 11.6. The Morgan fingerprint density at radius 3 is 2.00 bits per heavy atom. The first-order valence-corrected chi connectivity index (χ1v) is 8.75. The Kier molecular flexibility index (Phi) is 0.318. The van der Waals surface area contributed by atoms with Gasteiger partial charge in [0.1, 0.15) is 0 Å². The molecule has 1 fully saturated rings. The summed E-state index contributed by atoms with van der Waals surface area (Å²) in [6.07, 6.45) is -3.16. The average molecular weight is 170 g/mol. The standard InChI is InChI=1S/C7H18Si2/c1-8(2)6-5-7-9(8,3)4/h5-7H2,1-4H3/i1D3,3D3,5D2,6D2,7D2. The highest BCUT2D eigenvalue weighted by Crippen LogP contribution is 2.36. The van der Waals surface area contributed by atoms with E-state index < -0.39 is 46.5 Å². The van der Waals surface area contributed by atoms with Crippen molar-refractivity contribution in [1.29, 1.82) is 0 Å². The number of rotatable bonds is 0. The van der Waals surface area contributed by atoms with Crippen LogP contribution in [-0.2, 0) is 0 Å². The minimum absolute atomic E-state index is 1.00. The largest absolute Gasteiger partial charge is 0.0713 e. The molecule has 0 N–H and O–H groups in total. The molecule has 1 heterocycles. The van der Waals surface area contributed by atoms with Gasteiger partial charge in [0, 0.05) is 31.6 Å². The molecule has 1 rings (SSSR count). The Labute approximate surface area is 77.3 Å². The van der Waals surface area contributed by atoms with Crippen LogP contribution < -0.4 is 0 Å². The van der Waals surface area contributed by atoms with Crippen molar-refractivity contribution in [3.05, 3.63) is 0 Å². The maximum atomic E-state index is 8.03. The molecule has 0 saturated carbocycles. The summed E-state index contributed by atoms with van der Waals surface area (Å²) in [6.45, 7) is -4.02. The topological polar surface area (TPSA) is 0 Å². The molecule has 9 heavy (non-hydrogen) atoms. The first-order chi connectivity index (χ1) is 8.75. The van der Waals surface area contributed by atoms with E-state index in [1.54, 1.807) is 0 Å². The minimum Gasteiger partial charge on any atom is -0.0713 e. The molecule has 1 saturated heterocycles. The molecule has 0 aliphatic carbocycles. The second-order valence-corrected chi connectivity index (χ2v) is 13.6. The lowest BCUT2D eigenvalue weighted by Crippen LogP contribution is -2.49. The highest BCUT2D eigenvalue weighted by Gasteiger charge is 2.44. The van der Waals surface area contributed by atoms with Gasteiger partial charge in [0.05, 0.1) is 0 Å². The first kappa shape index (κ1) is 1.46. The van der Waals surface area contributed by atoms with E-state index >= 15 is 0 Å². The Morgan fingerprint density at radius 2 is 1.67 bits per heavy atom. The van der Waals surface area contributed by atoms with Gasteiger partial charge >= 0.3 is 0 Å². The summed E-state index contributed by atoms with van der Waals surface area (Å²) in [5, 5.41) is 0. The maximum Gasteiger partial charge on any atom is 0.0412 e. The summed E-state index contributed by atoms with van der Waals surface area (Å²) >= 11 is 0. The van der Waals surface area contributed by atoms with Crippen molar-refractivity contribution in [1.82, 2.24) is 0 Å². The second-order valence-electron chi connectivity index (χ2n) is 2.62. The predicted octanol–water partition coefficient (Wildman–Crippen LogP) is 2.89. The smallest absolute Gasteiger partial charge is 0.0412 e. The van der Waals surface area contributed by atoms with Gasteiger partial charge in [-0.25, -0.2) is 0 Å². The minimum atomic E-state index is -4.52. The van der Waals surface area contributed by atoms with Crippen LogP contribution in [0.3, 0.4) is 0 Å². The van der Waals surface area contributed by atoms with Gasteiger partial charge in [0.25, 0.3) is 0 Å². The van der Waals surface area contributed by atoms with Crippen LogP contribution in [0.4, 0.5) is 0 Å². The van der Waals surface area contributed by atoms with E-state index in [0.717, 1.165) is 13.1 Å². The molecule has 0 radical (unpaired) electrons. The molecule has 0 aromatic rings. The highest BCUT2D eigenvalue weighted by molar-refractivity contribution is 7.41. The van der Waals surface area contributed by atoms with Gasteiger partial charge in [-0.3, -0.25) is 0 Å². The normalized spacial score (nSPS) is 91.3. The molecule has 0 spiro atoms. The van der Waals surface area contributed by atoms with E-state index in [9.17, 15) is 0 Å². The van der Waals surface area contributed by atoms with Crippen LogP contribution in [0.15, 0.2) is 0 Å². The molecule has 0 aromatic heterocycles. The molecule has 2 heteroatoms. The molecule has 0 amide bonds. The quantitative estimate of drug-likeness (QED) is 0.491. The summed E-state index contributed by atoms with van der Waals surface area (Å²) in [6, 6.07) is 0. The SMILES string of the molecule is [2H]C1([2H])C([2H])([2H])[Si](C)(C([2H])([2H])[2H])[Si](C)(C([2H])([2H])[2H])C1([2H])[2H]. The predicted molar refractivity (Wildman–Crippen MR) is 49.2 cm³/mol. The van der Waals surface area contributed by atoms with Gasteiger partial charge in [-0.2, -0.15) is 0 Å². The van der Waals surface area contributed by atoms with Crippen LogP contribution in [0.1, 0.15) is 22.8 Å². The lowest BCUT2D eigenvalue weighted by Gasteiger charge is -2.30. The summed E-state index contributed by atoms with van der Waals surface area (Å²) < 4.78 is 93.9. The fraction of sp³-hybridized carbons (Fsp3) is 1.00. The van der Waals surface area contributed by atoms with Crippen molar-refractivity contribution in [2.24, 2.45) is 0 Å². The average Bonchev–Trinajstić information content (AvgIpc) is 2.27. The van der Waals surface area contributed by atoms with E-state index in [1.165, 1.54) is 0 Å². The van der Waals surface area contributed by atoms with Crippen LogP contribution >= 0.6 is 0 Å². The van der Waals surface area contributed by atoms with Crippen LogP contribution in [0.2, 0.25) is 38.0 Å². The van der Waals surface area contributed by atoms with Crippen LogP contribution in [-0.4, -0.2) is 15.2 Å². The van der Waals surface area contributed by atoms with E-state index in [1.807, 2.05) is 0 Å². The number of hydrogen-bond donors (Lipinski definition) is 0. The molecule has 0 aromatic carbocycles. The van der Waals surface area contributed by atoms with Crippen molar-refractivity contribution in [3.8, 4) is 0 Å². The molecule has 54 valence electrons. The maximum absolute atomic E-state index is 8.03. The molecule has 1 aliphatic heterocycles. The first-order valence-electron chi connectivity index (χ1n) is 8.75. The molecular weight excluding hydrogens is 140 g/mol. The van der Waals surface area contributed by atoms with Crippen molar-refractivity contribution >= 4 is 15.2 Å². The van der Waals surface area contributed by atoms with Gasteiger partial charge in [-0.05, 0) is 0 Å². The Hall–Kier alpha value is 0.434. The van der Waals surface area contributed by atoms with Gasteiger partial charge in [0.15, 0.2) is 0 Å². The van der Waals surface area contributed by atoms with Crippen molar-refractivity contribution < 1.29 is 16.4 Å². The van der Waals surface area contributed by atoms with Gasteiger partial charge < -0.3 is 0 Å². The molecule has 0 nitrogen and oxygen atoms in total. The van der Waals surface area contributed by atoms with Crippen LogP contribution in [0.25, 0.3) is 0 Å². The van der Waals surface area contributed by atoms with E-state index in [2.05, 4.69) is 0 Å². The van der Waals surface area contributed by atoms with Gasteiger partial charge in [-0.1, -0.05) is 44.4 Å². The summed E-state index contributed by atoms with van der Waals surface area (Å²) in [7, 11) is -9.03. The fourth-order valence-electron chi connectivity index (χ4n) is 0.531. The summed E-state index contributed by atoms with van der Waals surface area (Å²) in [4.78, 5) is 0. The van der Waals surface area contributed by atoms with Gasteiger partial charge in [0.2, 0.25) is 0 Å². The summed E-state index contributed by atoms with van der Waals surface area (Å²) in [5.41, 5.74) is 0. The third kappa shape index (κ3) is 1.15. The molecule has 2 unspecified atom stereocenters. The van der Waals surface area contributed by atoms with E-state index in [4.69, 9.17) is 16.4 Å².